The van der Waals surface area contributed by atoms with Crippen LogP contribution < -0.4 is 4.72 Å². The molecule has 1 heterocycles. The molecule has 6 heteroatoms. The van der Waals surface area contributed by atoms with E-state index >= 15 is 0 Å². The second kappa shape index (κ2) is 8.43. The summed E-state index contributed by atoms with van der Waals surface area (Å²) in [5.41, 5.74) is 6.67. The number of hydrogen-bond acceptors (Lipinski definition) is 4. The predicted molar refractivity (Wildman–Crippen MR) is 116 cm³/mol. The molecule has 3 rings (SSSR count). The zero-order chi connectivity index (χ0) is 21.2. The fraction of sp³-hybridized carbons (Fsp3) is 0.304. The minimum Gasteiger partial charge on any atom is -0.236 e. The van der Waals surface area contributed by atoms with E-state index in [0.717, 1.165) is 38.9 Å². The maximum Gasteiger partial charge on any atom is 0.241 e. The van der Waals surface area contributed by atoms with Crippen LogP contribution in [-0.4, -0.2) is 24.9 Å². The molecule has 0 bridgehead atoms. The van der Waals surface area contributed by atoms with Gasteiger partial charge < -0.3 is 0 Å². The van der Waals surface area contributed by atoms with Crippen molar-refractivity contribution in [3.8, 4) is 11.4 Å². The molecular formula is C23H27N3O2S. The van der Waals surface area contributed by atoms with E-state index in [1.165, 1.54) is 0 Å². The Hall–Kier alpha value is -2.57. The molecule has 0 aliphatic carbocycles. The fourth-order valence-electron chi connectivity index (χ4n) is 3.49. The second-order valence-corrected chi connectivity index (χ2v) is 9.09. The molecule has 2 aromatic carbocycles. The lowest BCUT2D eigenvalue weighted by molar-refractivity contribution is 0.580. The van der Waals surface area contributed by atoms with E-state index in [0.29, 0.717) is 23.7 Å². The van der Waals surface area contributed by atoms with Crippen molar-refractivity contribution in [3.05, 3.63) is 76.1 Å². The summed E-state index contributed by atoms with van der Waals surface area (Å²) in [5.74, 6) is 0.659. The Balaban J connectivity index is 1.72. The number of rotatable bonds is 6. The minimum atomic E-state index is -3.60. The van der Waals surface area contributed by atoms with Crippen molar-refractivity contribution in [1.82, 2.24) is 14.7 Å². The number of benzene rings is 2. The van der Waals surface area contributed by atoms with E-state index in [2.05, 4.69) is 14.7 Å². The minimum absolute atomic E-state index is 0.293. The molecule has 5 nitrogen and oxygen atoms in total. The molecule has 0 aliphatic rings. The van der Waals surface area contributed by atoms with Gasteiger partial charge in [-0.1, -0.05) is 30.3 Å². The summed E-state index contributed by atoms with van der Waals surface area (Å²) in [6, 6.07) is 9.75. The zero-order valence-corrected chi connectivity index (χ0v) is 18.4. The van der Waals surface area contributed by atoms with E-state index in [1.807, 2.05) is 65.0 Å². The molecule has 0 fully saturated rings. The van der Waals surface area contributed by atoms with E-state index in [1.54, 1.807) is 12.4 Å². The van der Waals surface area contributed by atoms with Crippen molar-refractivity contribution >= 4 is 10.0 Å². The van der Waals surface area contributed by atoms with Crippen LogP contribution in [-0.2, 0) is 16.4 Å². The van der Waals surface area contributed by atoms with E-state index < -0.39 is 10.0 Å². The molecule has 0 saturated carbocycles. The standard InChI is InChI=1S/C23H27N3O2S/c1-15-16(2)18(4)22(19(5)17(15)3)29(27,28)26-12-11-20-13-24-23(25-14-20)21-9-7-6-8-10-21/h6-10,13-14,26H,11-12H2,1-5H3. The number of sulfonamides is 1. The lowest BCUT2D eigenvalue weighted by atomic mass is 9.95. The highest BCUT2D eigenvalue weighted by atomic mass is 32.2. The molecule has 0 saturated heterocycles. The lowest BCUT2D eigenvalue weighted by Crippen LogP contribution is -2.28. The van der Waals surface area contributed by atoms with Crippen molar-refractivity contribution in [2.75, 3.05) is 6.54 Å². The molecule has 0 aliphatic heterocycles. The summed E-state index contributed by atoms with van der Waals surface area (Å²) in [5, 5.41) is 0. The average molecular weight is 410 g/mol. The average Bonchev–Trinajstić information content (AvgIpc) is 2.72. The number of nitrogens with one attached hydrogen (secondary N) is 1. The van der Waals surface area contributed by atoms with E-state index in [9.17, 15) is 8.42 Å². The maximum absolute atomic E-state index is 13.0. The smallest absolute Gasteiger partial charge is 0.236 e. The van der Waals surface area contributed by atoms with Crippen LogP contribution in [0.3, 0.4) is 0 Å². The van der Waals surface area contributed by atoms with Crippen LogP contribution in [0, 0.1) is 34.6 Å². The van der Waals surface area contributed by atoms with Crippen molar-refractivity contribution in [1.29, 1.82) is 0 Å². The number of nitrogens with zero attached hydrogens (tertiary/aromatic N) is 2. The topological polar surface area (TPSA) is 72.0 Å². The van der Waals surface area contributed by atoms with Gasteiger partial charge in [-0.05, 0) is 74.4 Å². The molecule has 152 valence electrons. The van der Waals surface area contributed by atoms with Crippen LogP contribution in [0.4, 0.5) is 0 Å². The Labute approximate surface area is 173 Å². The van der Waals surface area contributed by atoms with Gasteiger partial charge in [-0.15, -0.1) is 0 Å². The first-order valence-corrected chi connectivity index (χ1v) is 11.1. The number of hydrogen-bond donors (Lipinski definition) is 1. The third-order valence-corrected chi connectivity index (χ3v) is 7.38. The number of aromatic nitrogens is 2. The van der Waals surface area contributed by atoms with Crippen LogP contribution in [0.5, 0.6) is 0 Å². The van der Waals surface area contributed by atoms with Crippen LogP contribution >= 0.6 is 0 Å². The zero-order valence-electron chi connectivity index (χ0n) is 17.6. The molecule has 1 aromatic heterocycles. The highest BCUT2D eigenvalue weighted by molar-refractivity contribution is 7.89. The summed E-state index contributed by atoms with van der Waals surface area (Å²) < 4.78 is 28.7. The Morgan fingerprint density at radius 1 is 0.793 bits per heavy atom. The quantitative estimate of drug-likeness (QED) is 0.662. The molecule has 29 heavy (non-hydrogen) atoms. The first-order chi connectivity index (χ1) is 13.7. The van der Waals surface area contributed by atoms with Crippen molar-refractivity contribution in [2.24, 2.45) is 0 Å². The maximum atomic E-state index is 13.0. The summed E-state index contributed by atoms with van der Waals surface area (Å²) in [6.07, 6.45) is 4.02. The summed E-state index contributed by atoms with van der Waals surface area (Å²) in [4.78, 5) is 9.19. The molecule has 0 unspecified atom stereocenters. The Bertz CT molecular complexity index is 1090. The predicted octanol–water partition coefficient (Wildman–Crippen LogP) is 4.21. The van der Waals surface area contributed by atoms with Gasteiger partial charge in [-0.25, -0.2) is 23.1 Å². The van der Waals surface area contributed by atoms with Gasteiger partial charge in [0.2, 0.25) is 10.0 Å². The molecule has 3 aromatic rings. The first kappa shape index (κ1) is 21.1. The van der Waals surface area contributed by atoms with Crippen LogP contribution in [0.2, 0.25) is 0 Å². The summed E-state index contributed by atoms with van der Waals surface area (Å²) in [7, 11) is -3.60. The van der Waals surface area contributed by atoms with Gasteiger partial charge in [0, 0.05) is 24.5 Å². The Morgan fingerprint density at radius 2 is 1.31 bits per heavy atom. The third kappa shape index (κ3) is 4.38. The SMILES string of the molecule is Cc1c(C)c(C)c(S(=O)(=O)NCCc2cnc(-c3ccccc3)nc2)c(C)c1C. The third-order valence-electron chi connectivity index (χ3n) is 5.64. The van der Waals surface area contributed by atoms with Crippen LogP contribution in [0.25, 0.3) is 11.4 Å². The van der Waals surface area contributed by atoms with Crippen LogP contribution in [0.15, 0.2) is 47.6 Å². The molecular weight excluding hydrogens is 382 g/mol. The van der Waals surface area contributed by atoms with Gasteiger partial charge in [0.15, 0.2) is 5.82 Å². The molecule has 0 spiro atoms. The van der Waals surface area contributed by atoms with Crippen molar-refractivity contribution in [3.63, 3.8) is 0 Å². The second-order valence-electron chi connectivity index (χ2n) is 7.38. The van der Waals surface area contributed by atoms with Gasteiger partial charge in [-0.2, -0.15) is 0 Å². The van der Waals surface area contributed by atoms with E-state index in [4.69, 9.17) is 0 Å². The molecule has 0 atom stereocenters. The molecule has 0 amide bonds. The van der Waals surface area contributed by atoms with Gasteiger partial charge in [0.25, 0.3) is 0 Å². The molecule has 0 radical (unpaired) electrons. The van der Waals surface area contributed by atoms with Gasteiger partial charge >= 0.3 is 0 Å². The summed E-state index contributed by atoms with van der Waals surface area (Å²) >= 11 is 0. The normalized spacial score (nSPS) is 11.6. The summed E-state index contributed by atoms with van der Waals surface area (Å²) in [6.45, 7) is 10.0. The van der Waals surface area contributed by atoms with Gasteiger partial charge in [0.05, 0.1) is 4.90 Å². The van der Waals surface area contributed by atoms with Crippen molar-refractivity contribution in [2.45, 2.75) is 45.9 Å². The monoisotopic (exact) mass is 409 g/mol. The van der Waals surface area contributed by atoms with Crippen LogP contribution in [0.1, 0.15) is 33.4 Å². The largest absolute Gasteiger partial charge is 0.241 e. The van der Waals surface area contributed by atoms with E-state index in [-0.39, 0.29) is 0 Å². The van der Waals surface area contributed by atoms with Crippen molar-refractivity contribution < 1.29 is 8.42 Å². The van der Waals surface area contributed by atoms with Gasteiger partial charge in [-0.3, -0.25) is 0 Å². The fourth-order valence-corrected chi connectivity index (χ4v) is 5.12. The Kier molecular flexibility index (Phi) is 6.15. The molecule has 1 N–H and O–H groups in total. The first-order valence-electron chi connectivity index (χ1n) is 9.65. The Morgan fingerprint density at radius 3 is 1.86 bits per heavy atom. The highest BCUT2D eigenvalue weighted by Crippen LogP contribution is 2.29. The van der Waals surface area contributed by atoms with Gasteiger partial charge in [0.1, 0.15) is 0 Å². The highest BCUT2D eigenvalue weighted by Gasteiger charge is 2.23. The lowest BCUT2D eigenvalue weighted by Gasteiger charge is -2.19.